The third-order valence-electron chi connectivity index (χ3n) is 3.03. The lowest BCUT2D eigenvalue weighted by Crippen LogP contribution is -2.02. The molecule has 0 atom stereocenters. The highest BCUT2D eigenvalue weighted by Gasteiger charge is 2.39. The lowest BCUT2D eigenvalue weighted by Gasteiger charge is -2.12. The second kappa shape index (κ2) is 2.35. The molecule has 1 aromatic carbocycles. The summed E-state index contributed by atoms with van der Waals surface area (Å²) in [6, 6.07) is 6.82. The summed E-state index contributed by atoms with van der Waals surface area (Å²) in [4.78, 5) is 0. The van der Waals surface area contributed by atoms with Crippen LogP contribution in [0.2, 0.25) is 0 Å². The van der Waals surface area contributed by atoms with Crippen LogP contribution in [0, 0.1) is 13.8 Å². The first-order valence-electron chi connectivity index (χ1n) is 4.70. The quantitative estimate of drug-likeness (QED) is 0.591. The third kappa shape index (κ3) is 1.16. The molecule has 0 nitrogen and oxygen atoms in total. The highest BCUT2D eigenvalue weighted by molar-refractivity contribution is 5.39. The second-order valence-electron chi connectivity index (χ2n) is 4.38. The van der Waals surface area contributed by atoms with Gasteiger partial charge in [0.2, 0.25) is 0 Å². The molecule has 0 unspecified atom stereocenters. The highest BCUT2D eigenvalue weighted by Crippen LogP contribution is 2.48. The van der Waals surface area contributed by atoms with Gasteiger partial charge < -0.3 is 0 Å². The largest absolute Gasteiger partial charge is 0.0590 e. The van der Waals surface area contributed by atoms with Gasteiger partial charge >= 0.3 is 0 Å². The summed E-state index contributed by atoms with van der Waals surface area (Å²) in [5.74, 6) is 0. The smallest absolute Gasteiger partial charge is 0.00720 e. The second-order valence-corrected chi connectivity index (χ2v) is 4.38. The Morgan fingerprint density at radius 1 is 1.17 bits per heavy atom. The molecule has 0 heterocycles. The molecule has 0 amide bonds. The van der Waals surface area contributed by atoms with E-state index in [2.05, 4.69) is 39.0 Å². The van der Waals surface area contributed by atoms with Crippen LogP contribution >= 0.6 is 0 Å². The zero-order valence-corrected chi connectivity index (χ0v) is 8.15. The van der Waals surface area contributed by atoms with Crippen LogP contribution < -0.4 is 0 Å². The molecule has 1 aliphatic carbocycles. The minimum atomic E-state index is 0.526. The molecule has 64 valence electrons. The van der Waals surface area contributed by atoms with E-state index in [1.54, 1.807) is 5.56 Å². The molecule has 0 bridgehead atoms. The third-order valence-corrected chi connectivity index (χ3v) is 3.03. The maximum Gasteiger partial charge on any atom is -0.00720 e. The first-order valence-corrected chi connectivity index (χ1v) is 4.70. The van der Waals surface area contributed by atoms with Gasteiger partial charge in [-0.3, -0.25) is 0 Å². The van der Waals surface area contributed by atoms with Crippen molar-refractivity contribution in [1.29, 1.82) is 0 Å². The normalized spacial score (nSPS) is 19.2. The average Bonchev–Trinajstić information content (AvgIpc) is 2.68. The summed E-state index contributed by atoms with van der Waals surface area (Å²) in [7, 11) is 0. The van der Waals surface area contributed by atoms with Gasteiger partial charge in [0.1, 0.15) is 0 Å². The van der Waals surface area contributed by atoms with Crippen LogP contribution in [0.1, 0.15) is 36.5 Å². The van der Waals surface area contributed by atoms with Crippen LogP contribution in [0.5, 0.6) is 0 Å². The summed E-state index contributed by atoms with van der Waals surface area (Å²) in [6.07, 6.45) is 2.74. The predicted octanol–water partition coefficient (Wildman–Crippen LogP) is 3.35. The van der Waals surface area contributed by atoms with Gasteiger partial charge in [-0.1, -0.05) is 30.7 Å². The summed E-state index contributed by atoms with van der Waals surface area (Å²) in [5, 5.41) is 0. The van der Waals surface area contributed by atoms with Gasteiger partial charge in [0.25, 0.3) is 0 Å². The zero-order valence-electron chi connectivity index (χ0n) is 8.15. The van der Waals surface area contributed by atoms with Crippen LogP contribution in [-0.4, -0.2) is 0 Å². The lowest BCUT2D eigenvalue weighted by molar-refractivity contribution is 0.779. The molecule has 0 spiro atoms. The molecule has 1 fully saturated rings. The van der Waals surface area contributed by atoms with Crippen molar-refractivity contribution in [1.82, 2.24) is 0 Å². The lowest BCUT2D eigenvalue weighted by atomic mass is 9.93. The molecule has 1 aliphatic rings. The molecular formula is C12H16. The van der Waals surface area contributed by atoms with E-state index < -0.39 is 0 Å². The van der Waals surface area contributed by atoms with E-state index in [1.807, 2.05) is 0 Å². The van der Waals surface area contributed by atoms with Crippen molar-refractivity contribution < 1.29 is 0 Å². The fraction of sp³-hybridized carbons (Fsp3) is 0.500. The van der Waals surface area contributed by atoms with E-state index in [9.17, 15) is 0 Å². The Hall–Kier alpha value is -0.780. The van der Waals surface area contributed by atoms with Crippen LogP contribution in [0.25, 0.3) is 0 Å². The van der Waals surface area contributed by atoms with Gasteiger partial charge in [0.15, 0.2) is 0 Å². The summed E-state index contributed by atoms with van der Waals surface area (Å²) < 4.78 is 0. The SMILES string of the molecule is Cc1ccc(C2(C)CC2)c(C)c1. The molecule has 0 aromatic heterocycles. The van der Waals surface area contributed by atoms with Gasteiger partial charge in [-0.05, 0) is 43.2 Å². The Bertz CT molecular complexity index is 306. The highest BCUT2D eigenvalue weighted by atomic mass is 14.4. The Morgan fingerprint density at radius 2 is 1.83 bits per heavy atom. The van der Waals surface area contributed by atoms with Gasteiger partial charge in [0.05, 0.1) is 0 Å². The maximum atomic E-state index is 2.37. The molecule has 0 radical (unpaired) electrons. The van der Waals surface area contributed by atoms with Crippen molar-refractivity contribution in [2.75, 3.05) is 0 Å². The summed E-state index contributed by atoms with van der Waals surface area (Å²) in [6.45, 7) is 6.75. The van der Waals surface area contributed by atoms with Gasteiger partial charge in [0, 0.05) is 0 Å². The van der Waals surface area contributed by atoms with E-state index in [-0.39, 0.29) is 0 Å². The van der Waals surface area contributed by atoms with Crippen molar-refractivity contribution >= 4 is 0 Å². The zero-order chi connectivity index (χ0) is 8.77. The van der Waals surface area contributed by atoms with Gasteiger partial charge in [-0.25, -0.2) is 0 Å². The molecular weight excluding hydrogens is 144 g/mol. The average molecular weight is 160 g/mol. The van der Waals surface area contributed by atoms with Crippen LogP contribution in [-0.2, 0) is 5.41 Å². The van der Waals surface area contributed by atoms with Crippen molar-refractivity contribution in [2.45, 2.75) is 39.0 Å². The minimum absolute atomic E-state index is 0.526. The Kier molecular flexibility index (Phi) is 1.54. The summed E-state index contributed by atoms with van der Waals surface area (Å²) >= 11 is 0. The van der Waals surface area contributed by atoms with Crippen LogP contribution in [0.15, 0.2) is 18.2 Å². The molecule has 2 rings (SSSR count). The number of hydrogen-bond donors (Lipinski definition) is 0. The van der Waals surface area contributed by atoms with E-state index in [0.29, 0.717) is 5.41 Å². The van der Waals surface area contributed by atoms with Crippen LogP contribution in [0.3, 0.4) is 0 Å². The van der Waals surface area contributed by atoms with E-state index in [0.717, 1.165) is 0 Å². The van der Waals surface area contributed by atoms with Crippen molar-refractivity contribution in [3.63, 3.8) is 0 Å². The Morgan fingerprint density at radius 3 is 2.33 bits per heavy atom. The predicted molar refractivity (Wildman–Crippen MR) is 52.5 cm³/mol. The maximum absolute atomic E-state index is 2.37. The van der Waals surface area contributed by atoms with Crippen molar-refractivity contribution in [3.8, 4) is 0 Å². The Labute approximate surface area is 74.6 Å². The van der Waals surface area contributed by atoms with Crippen molar-refractivity contribution in [2.24, 2.45) is 0 Å². The first-order chi connectivity index (χ1) is 5.62. The van der Waals surface area contributed by atoms with Crippen LogP contribution in [0.4, 0.5) is 0 Å². The fourth-order valence-electron chi connectivity index (χ4n) is 1.95. The fourth-order valence-corrected chi connectivity index (χ4v) is 1.95. The standard InChI is InChI=1S/C12H16/c1-9-4-5-11(10(2)8-9)12(3)6-7-12/h4-5,8H,6-7H2,1-3H3. The van der Waals surface area contributed by atoms with Gasteiger partial charge in [-0.2, -0.15) is 0 Å². The summed E-state index contributed by atoms with van der Waals surface area (Å²) in [5.41, 5.74) is 4.93. The molecule has 0 heteroatoms. The Balaban J connectivity index is 2.45. The number of hydrogen-bond acceptors (Lipinski definition) is 0. The molecule has 0 N–H and O–H groups in total. The molecule has 1 saturated carbocycles. The van der Waals surface area contributed by atoms with Crippen molar-refractivity contribution in [3.05, 3.63) is 34.9 Å². The number of aryl methyl sites for hydroxylation is 2. The van der Waals surface area contributed by atoms with E-state index in [1.165, 1.54) is 24.0 Å². The van der Waals surface area contributed by atoms with E-state index >= 15 is 0 Å². The minimum Gasteiger partial charge on any atom is -0.0590 e. The molecule has 0 aliphatic heterocycles. The molecule has 0 saturated heterocycles. The monoisotopic (exact) mass is 160 g/mol. The van der Waals surface area contributed by atoms with E-state index in [4.69, 9.17) is 0 Å². The molecule has 1 aromatic rings. The number of rotatable bonds is 1. The topological polar surface area (TPSA) is 0 Å². The number of benzene rings is 1. The molecule has 12 heavy (non-hydrogen) atoms. The van der Waals surface area contributed by atoms with Gasteiger partial charge in [-0.15, -0.1) is 0 Å². The first kappa shape index (κ1) is 7.85.